The second-order valence-electron chi connectivity index (χ2n) is 7.31. The number of nitrogens with two attached hydrogens (primary N) is 1. The lowest BCUT2D eigenvalue weighted by atomic mass is 9.91. The summed E-state index contributed by atoms with van der Waals surface area (Å²) in [5.74, 6) is 1.38. The zero-order chi connectivity index (χ0) is 18.3. The highest BCUT2D eigenvalue weighted by atomic mass is 16.3. The van der Waals surface area contributed by atoms with Crippen molar-refractivity contribution in [2.24, 2.45) is 5.73 Å². The molecule has 1 unspecified atom stereocenters. The molecule has 7 nitrogen and oxygen atoms in total. The van der Waals surface area contributed by atoms with Gasteiger partial charge in [-0.15, -0.1) is 0 Å². The zero-order valence-electron chi connectivity index (χ0n) is 15.0. The van der Waals surface area contributed by atoms with Crippen LogP contribution in [0.1, 0.15) is 75.2 Å². The number of H-pyrrole nitrogens is 1. The fourth-order valence-corrected chi connectivity index (χ4v) is 4.23. The number of carbonyl (C=O) groups excluding carboxylic acids is 2. The molecule has 7 heteroatoms. The van der Waals surface area contributed by atoms with Crippen molar-refractivity contribution >= 4 is 11.8 Å². The summed E-state index contributed by atoms with van der Waals surface area (Å²) in [7, 11) is 0. The molecule has 0 bridgehead atoms. The Morgan fingerprint density at radius 1 is 1.31 bits per heavy atom. The minimum absolute atomic E-state index is 0.0636. The molecule has 1 atom stereocenters. The number of rotatable bonds is 3. The fraction of sp³-hybridized carbons (Fsp3) is 0.526. The summed E-state index contributed by atoms with van der Waals surface area (Å²) < 4.78 is 5.88. The van der Waals surface area contributed by atoms with Gasteiger partial charge in [0.25, 0.3) is 11.8 Å². The van der Waals surface area contributed by atoms with E-state index in [1.54, 1.807) is 6.07 Å². The Balaban J connectivity index is 1.55. The Morgan fingerprint density at radius 2 is 2.12 bits per heavy atom. The van der Waals surface area contributed by atoms with Crippen LogP contribution in [0.5, 0.6) is 0 Å². The van der Waals surface area contributed by atoms with E-state index >= 15 is 0 Å². The molecule has 0 radical (unpaired) electrons. The van der Waals surface area contributed by atoms with Gasteiger partial charge in [-0.05, 0) is 45.1 Å². The first-order valence-electron chi connectivity index (χ1n) is 9.30. The van der Waals surface area contributed by atoms with Crippen LogP contribution in [0.25, 0.3) is 0 Å². The summed E-state index contributed by atoms with van der Waals surface area (Å²) >= 11 is 0. The summed E-state index contributed by atoms with van der Waals surface area (Å²) in [4.78, 5) is 26.4. The van der Waals surface area contributed by atoms with Crippen molar-refractivity contribution in [3.8, 4) is 0 Å². The van der Waals surface area contributed by atoms with Gasteiger partial charge in [0.05, 0.1) is 5.56 Å². The molecule has 3 heterocycles. The molecule has 138 valence electrons. The van der Waals surface area contributed by atoms with Gasteiger partial charge in [0.2, 0.25) is 0 Å². The summed E-state index contributed by atoms with van der Waals surface area (Å²) in [6.45, 7) is 3.24. The number of amides is 2. The minimum Gasteiger partial charge on any atom is -0.465 e. The number of hydrogen-bond acceptors (Lipinski definition) is 4. The molecular weight excluding hydrogens is 332 g/mol. The van der Waals surface area contributed by atoms with Crippen molar-refractivity contribution < 1.29 is 14.0 Å². The summed E-state index contributed by atoms with van der Waals surface area (Å²) in [5, 5.41) is 6.87. The van der Waals surface area contributed by atoms with Gasteiger partial charge in [-0.2, -0.15) is 5.10 Å². The second kappa shape index (κ2) is 6.63. The fourth-order valence-electron chi connectivity index (χ4n) is 4.23. The predicted molar refractivity (Wildman–Crippen MR) is 95.1 cm³/mol. The number of likely N-dealkylation sites (tertiary alicyclic amines) is 1. The standard InChI is InChI=1S/C19H24N4O3/c1-11-17(13-6-2-3-7-16(13)26-11)19(25)23-8-4-5-12(10-23)14-9-15(18(20)24)22-21-14/h9,12H,2-8,10H2,1H3,(H2,20,24)(H,21,22). The molecule has 0 aromatic carbocycles. The first-order valence-corrected chi connectivity index (χ1v) is 9.30. The van der Waals surface area contributed by atoms with E-state index in [4.69, 9.17) is 10.2 Å². The zero-order valence-corrected chi connectivity index (χ0v) is 15.0. The van der Waals surface area contributed by atoms with Crippen LogP contribution in [0.15, 0.2) is 10.5 Å². The molecule has 2 aliphatic rings. The van der Waals surface area contributed by atoms with Crippen molar-refractivity contribution in [3.63, 3.8) is 0 Å². The highest BCUT2D eigenvalue weighted by molar-refractivity contribution is 5.97. The molecule has 0 spiro atoms. The van der Waals surface area contributed by atoms with Gasteiger partial charge in [0, 0.05) is 36.7 Å². The number of aromatic amines is 1. The van der Waals surface area contributed by atoms with Crippen molar-refractivity contribution in [3.05, 3.63) is 40.1 Å². The van der Waals surface area contributed by atoms with Gasteiger partial charge >= 0.3 is 0 Å². The first-order chi connectivity index (χ1) is 12.5. The minimum atomic E-state index is -0.545. The SMILES string of the molecule is Cc1oc2c(c1C(=O)N1CCCC(c3cc(C(N)=O)n[nH]3)C1)CCCC2. The quantitative estimate of drug-likeness (QED) is 0.880. The highest BCUT2D eigenvalue weighted by Crippen LogP contribution is 2.32. The van der Waals surface area contributed by atoms with Crippen molar-refractivity contribution in [2.45, 2.75) is 51.4 Å². The van der Waals surface area contributed by atoms with E-state index in [1.807, 2.05) is 11.8 Å². The molecule has 2 amide bonds. The lowest BCUT2D eigenvalue weighted by Gasteiger charge is -2.32. The number of nitrogens with zero attached hydrogens (tertiary/aromatic N) is 2. The van der Waals surface area contributed by atoms with Crippen LogP contribution < -0.4 is 5.73 Å². The molecule has 3 N–H and O–H groups in total. The van der Waals surface area contributed by atoms with Gasteiger partial charge in [-0.1, -0.05) is 0 Å². The van der Waals surface area contributed by atoms with Crippen LogP contribution in [0.4, 0.5) is 0 Å². The summed E-state index contributed by atoms with van der Waals surface area (Å²) in [6, 6.07) is 1.70. The maximum absolute atomic E-state index is 13.2. The van der Waals surface area contributed by atoms with E-state index in [9.17, 15) is 9.59 Å². The van der Waals surface area contributed by atoms with E-state index in [0.29, 0.717) is 6.54 Å². The number of carbonyl (C=O) groups is 2. The maximum Gasteiger partial charge on any atom is 0.269 e. The Kier molecular flexibility index (Phi) is 4.30. The number of aromatic nitrogens is 2. The Labute approximate surface area is 151 Å². The number of piperidine rings is 1. The van der Waals surface area contributed by atoms with Crippen LogP contribution in [0, 0.1) is 6.92 Å². The monoisotopic (exact) mass is 356 g/mol. The first kappa shape index (κ1) is 16.9. The number of fused-ring (bicyclic) bond motifs is 1. The molecule has 1 aliphatic heterocycles. The van der Waals surface area contributed by atoms with Crippen LogP contribution in [0.2, 0.25) is 0 Å². The number of primary amides is 1. The Morgan fingerprint density at radius 3 is 2.88 bits per heavy atom. The topological polar surface area (TPSA) is 105 Å². The molecule has 1 saturated heterocycles. The second-order valence-corrected chi connectivity index (χ2v) is 7.31. The largest absolute Gasteiger partial charge is 0.465 e. The van der Waals surface area contributed by atoms with Crippen LogP contribution >= 0.6 is 0 Å². The number of furan rings is 1. The van der Waals surface area contributed by atoms with E-state index in [0.717, 1.165) is 73.4 Å². The van der Waals surface area contributed by atoms with E-state index in [2.05, 4.69) is 10.2 Å². The van der Waals surface area contributed by atoms with Gasteiger partial charge in [-0.25, -0.2) is 0 Å². The third-order valence-electron chi connectivity index (χ3n) is 5.56. The molecule has 0 saturated carbocycles. The Hall–Kier alpha value is -2.57. The van der Waals surface area contributed by atoms with Crippen LogP contribution in [0.3, 0.4) is 0 Å². The van der Waals surface area contributed by atoms with Crippen molar-refractivity contribution in [1.29, 1.82) is 0 Å². The maximum atomic E-state index is 13.2. The molecule has 2 aromatic heterocycles. The smallest absolute Gasteiger partial charge is 0.269 e. The summed E-state index contributed by atoms with van der Waals surface area (Å²) in [6.07, 6.45) is 5.96. The van der Waals surface area contributed by atoms with E-state index in [1.165, 1.54) is 0 Å². The van der Waals surface area contributed by atoms with Crippen molar-refractivity contribution in [2.75, 3.05) is 13.1 Å². The molecule has 1 aliphatic carbocycles. The normalized spacial score (nSPS) is 20.0. The van der Waals surface area contributed by atoms with Crippen molar-refractivity contribution in [1.82, 2.24) is 15.1 Å². The lowest BCUT2D eigenvalue weighted by Crippen LogP contribution is -2.39. The number of hydrogen-bond donors (Lipinski definition) is 2. The van der Waals surface area contributed by atoms with Gasteiger partial charge in [0.15, 0.2) is 0 Å². The average Bonchev–Trinajstić information content (AvgIpc) is 3.25. The molecule has 2 aromatic rings. The number of nitrogens with one attached hydrogen (secondary N) is 1. The van der Waals surface area contributed by atoms with E-state index in [-0.39, 0.29) is 17.5 Å². The molecular formula is C19H24N4O3. The average molecular weight is 356 g/mol. The van der Waals surface area contributed by atoms with Gasteiger partial charge in [-0.3, -0.25) is 14.7 Å². The van der Waals surface area contributed by atoms with E-state index < -0.39 is 5.91 Å². The van der Waals surface area contributed by atoms with Crippen LogP contribution in [-0.2, 0) is 12.8 Å². The highest BCUT2D eigenvalue weighted by Gasteiger charge is 2.32. The summed E-state index contributed by atoms with van der Waals surface area (Å²) in [5.41, 5.74) is 8.26. The molecule has 1 fully saturated rings. The van der Waals surface area contributed by atoms with Gasteiger partial charge < -0.3 is 15.1 Å². The molecule has 26 heavy (non-hydrogen) atoms. The molecule has 4 rings (SSSR count). The lowest BCUT2D eigenvalue weighted by molar-refractivity contribution is 0.0702. The predicted octanol–water partition coefficient (Wildman–Crippen LogP) is 2.31. The van der Waals surface area contributed by atoms with Crippen LogP contribution in [-0.4, -0.2) is 40.0 Å². The number of aryl methyl sites for hydroxylation is 2. The third kappa shape index (κ3) is 2.91. The third-order valence-corrected chi connectivity index (χ3v) is 5.56. The Bertz CT molecular complexity index is 851. The van der Waals surface area contributed by atoms with Gasteiger partial charge in [0.1, 0.15) is 17.2 Å².